The fraction of sp³-hybridized carbons (Fsp3) is 0.667. The van der Waals surface area contributed by atoms with Gasteiger partial charge >= 0.3 is 6.09 Å². The van der Waals surface area contributed by atoms with E-state index in [4.69, 9.17) is 23.9 Å². The lowest BCUT2D eigenvalue weighted by Crippen LogP contribution is -2.34. The zero-order chi connectivity index (χ0) is 29.7. The van der Waals surface area contributed by atoms with Crippen LogP contribution in [0.15, 0.2) is 24.3 Å². The van der Waals surface area contributed by atoms with Gasteiger partial charge in [-0.1, -0.05) is 45.0 Å². The molecule has 0 spiro atoms. The summed E-state index contributed by atoms with van der Waals surface area (Å²) in [5.41, 5.74) is 1.73. The number of amides is 1. The largest absolute Gasteiger partial charge is 0.444 e. The molecule has 11 heteroatoms. The van der Waals surface area contributed by atoms with Gasteiger partial charge in [0.05, 0.1) is 32.5 Å². The Hall–Kier alpha value is -3.02. The van der Waals surface area contributed by atoms with Crippen molar-refractivity contribution in [1.29, 1.82) is 0 Å². The Morgan fingerprint density at radius 2 is 1.54 bits per heavy atom. The fourth-order valence-electron chi connectivity index (χ4n) is 4.05. The Labute approximate surface area is 244 Å². The van der Waals surface area contributed by atoms with Gasteiger partial charge in [0.25, 0.3) is 0 Å². The van der Waals surface area contributed by atoms with Gasteiger partial charge in [-0.3, -0.25) is 0 Å². The second kappa shape index (κ2) is 15.8. The van der Waals surface area contributed by atoms with Gasteiger partial charge in [0.2, 0.25) is 11.9 Å². The Kier molecular flexibility index (Phi) is 12.6. The molecule has 0 aliphatic carbocycles. The van der Waals surface area contributed by atoms with Gasteiger partial charge in [-0.2, -0.15) is 15.0 Å². The SMILES string of the molecule is CC(C)(C)OC(=O)NCCOCCOCCNc1nc(NCC2CCCCO2)nc(-c2ccc(C(C)(C)C)cc2)n1. The maximum Gasteiger partial charge on any atom is 0.407 e. The number of carbonyl (C=O) groups excluding carboxylic acids is 1. The number of hydrogen-bond donors (Lipinski definition) is 3. The minimum absolute atomic E-state index is 0.0685. The zero-order valence-corrected chi connectivity index (χ0v) is 25.5. The van der Waals surface area contributed by atoms with Crippen molar-refractivity contribution < 1.29 is 23.7 Å². The fourth-order valence-corrected chi connectivity index (χ4v) is 4.05. The highest BCUT2D eigenvalue weighted by molar-refractivity contribution is 5.67. The summed E-state index contributed by atoms with van der Waals surface area (Å²) < 4.78 is 22.2. The van der Waals surface area contributed by atoms with Gasteiger partial charge in [0, 0.05) is 31.8 Å². The first-order valence-electron chi connectivity index (χ1n) is 14.6. The molecular weight excluding hydrogens is 524 g/mol. The molecule has 1 amide bonds. The molecule has 2 heterocycles. The molecule has 1 aromatic heterocycles. The van der Waals surface area contributed by atoms with E-state index >= 15 is 0 Å². The molecule has 3 N–H and O–H groups in total. The van der Waals surface area contributed by atoms with Crippen LogP contribution in [-0.4, -0.2) is 85.4 Å². The summed E-state index contributed by atoms with van der Waals surface area (Å²) in [5.74, 6) is 1.60. The molecule has 41 heavy (non-hydrogen) atoms. The molecule has 11 nitrogen and oxygen atoms in total. The van der Waals surface area contributed by atoms with Gasteiger partial charge in [0.1, 0.15) is 5.60 Å². The van der Waals surface area contributed by atoms with E-state index in [0.29, 0.717) is 63.8 Å². The molecule has 1 atom stereocenters. The lowest BCUT2D eigenvalue weighted by molar-refractivity contribution is 0.0246. The van der Waals surface area contributed by atoms with Crippen molar-refractivity contribution in [3.05, 3.63) is 29.8 Å². The molecule has 1 fully saturated rings. The number of nitrogens with zero attached hydrogens (tertiary/aromatic N) is 3. The first-order chi connectivity index (χ1) is 19.5. The number of carbonyl (C=O) groups is 1. The van der Waals surface area contributed by atoms with Crippen LogP contribution in [0, 0.1) is 0 Å². The van der Waals surface area contributed by atoms with E-state index in [9.17, 15) is 4.79 Å². The third-order valence-corrected chi connectivity index (χ3v) is 6.22. The smallest absolute Gasteiger partial charge is 0.407 e. The highest BCUT2D eigenvalue weighted by Crippen LogP contribution is 2.25. The number of alkyl carbamates (subject to hydrolysis) is 1. The van der Waals surface area contributed by atoms with Crippen molar-refractivity contribution in [2.75, 3.05) is 63.3 Å². The molecule has 1 unspecified atom stereocenters. The number of nitrogens with one attached hydrogen (secondary N) is 3. The minimum atomic E-state index is -0.518. The summed E-state index contributed by atoms with van der Waals surface area (Å²) in [6.07, 6.45) is 3.04. The Balaban J connectivity index is 1.46. The third-order valence-electron chi connectivity index (χ3n) is 6.22. The van der Waals surface area contributed by atoms with E-state index < -0.39 is 11.7 Å². The Morgan fingerprint density at radius 3 is 2.15 bits per heavy atom. The van der Waals surface area contributed by atoms with Gasteiger partial charge in [-0.05, 0) is 51.0 Å². The number of benzene rings is 1. The minimum Gasteiger partial charge on any atom is -0.444 e. The summed E-state index contributed by atoms with van der Waals surface area (Å²) in [5, 5.41) is 9.25. The van der Waals surface area contributed by atoms with Gasteiger partial charge in [0.15, 0.2) is 5.82 Å². The van der Waals surface area contributed by atoms with Crippen LogP contribution in [0.1, 0.15) is 66.4 Å². The van der Waals surface area contributed by atoms with E-state index in [1.807, 2.05) is 20.8 Å². The number of ether oxygens (including phenoxy) is 4. The van der Waals surface area contributed by atoms with Crippen molar-refractivity contribution in [1.82, 2.24) is 20.3 Å². The van der Waals surface area contributed by atoms with E-state index in [0.717, 1.165) is 25.0 Å². The number of aromatic nitrogens is 3. The molecule has 1 aromatic carbocycles. The van der Waals surface area contributed by atoms with Crippen LogP contribution in [0.4, 0.5) is 16.7 Å². The van der Waals surface area contributed by atoms with Gasteiger partial charge in [-0.25, -0.2) is 4.79 Å². The van der Waals surface area contributed by atoms with Crippen LogP contribution in [0.3, 0.4) is 0 Å². The number of anilines is 2. The topological polar surface area (TPSA) is 129 Å². The summed E-state index contributed by atoms with van der Waals surface area (Å²) in [6, 6.07) is 8.36. The molecule has 2 aromatic rings. The van der Waals surface area contributed by atoms with Crippen LogP contribution in [0.5, 0.6) is 0 Å². The molecule has 3 rings (SSSR count). The van der Waals surface area contributed by atoms with E-state index in [1.165, 1.54) is 12.0 Å². The molecule has 1 aliphatic heterocycles. The standard InChI is InChI=1S/C30H48N6O5/c1-29(2,3)23-12-10-22(11-13-23)25-34-26(36-27(35-25)33-21-24-9-7-8-16-40-24)31-14-17-38-19-20-39-18-15-32-28(37)41-30(4,5)6/h10-13,24H,7-9,14-21H2,1-6H3,(H,32,37)(H2,31,33,34,35,36). The summed E-state index contributed by atoms with van der Waals surface area (Å²) in [4.78, 5) is 25.6. The maximum absolute atomic E-state index is 11.6. The number of rotatable bonds is 14. The maximum atomic E-state index is 11.6. The van der Waals surface area contributed by atoms with E-state index in [1.54, 1.807) is 0 Å². The average Bonchev–Trinajstić information content (AvgIpc) is 2.92. The summed E-state index contributed by atoms with van der Waals surface area (Å²) in [6.45, 7) is 16.1. The molecular formula is C30H48N6O5. The number of hydrogen-bond acceptors (Lipinski definition) is 10. The predicted octanol–water partition coefficient (Wildman–Crippen LogP) is 4.79. The van der Waals surface area contributed by atoms with Crippen LogP contribution in [0.2, 0.25) is 0 Å². The van der Waals surface area contributed by atoms with Crippen LogP contribution in [0.25, 0.3) is 11.4 Å². The third kappa shape index (κ3) is 12.6. The highest BCUT2D eigenvalue weighted by atomic mass is 16.6. The highest BCUT2D eigenvalue weighted by Gasteiger charge is 2.17. The van der Waals surface area contributed by atoms with Gasteiger partial charge in [-0.15, -0.1) is 0 Å². The van der Waals surface area contributed by atoms with Crippen molar-refractivity contribution in [3.63, 3.8) is 0 Å². The molecule has 1 aliphatic rings. The van der Waals surface area contributed by atoms with Crippen LogP contribution in [-0.2, 0) is 24.4 Å². The Bertz CT molecular complexity index is 1060. The average molecular weight is 573 g/mol. The Morgan fingerprint density at radius 1 is 0.878 bits per heavy atom. The van der Waals surface area contributed by atoms with Crippen molar-refractivity contribution in [2.45, 2.75) is 77.9 Å². The van der Waals surface area contributed by atoms with Crippen LogP contribution < -0.4 is 16.0 Å². The van der Waals surface area contributed by atoms with Crippen molar-refractivity contribution in [3.8, 4) is 11.4 Å². The zero-order valence-electron chi connectivity index (χ0n) is 25.5. The summed E-state index contributed by atoms with van der Waals surface area (Å²) in [7, 11) is 0. The van der Waals surface area contributed by atoms with Crippen molar-refractivity contribution in [2.24, 2.45) is 0 Å². The first-order valence-corrected chi connectivity index (χ1v) is 14.6. The van der Waals surface area contributed by atoms with E-state index in [2.05, 4.69) is 71.0 Å². The molecule has 0 bridgehead atoms. The quantitative estimate of drug-likeness (QED) is 0.272. The monoisotopic (exact) mass is 572 g/mol. The molecule has 228 valence electrons. The second-order valence-corrected chi connectivity index (χ2v) is 12.1. The lowest BCUT2D eigenvalue weighted by Gasteiger charge is -2.22. The lowest BCUT2D eigenvalue weighted by atomic mass is 9.87. The molecule has 0 radical (unpaired) electrons. The first kappa shape index (κ1) is 32.5. The second-order valence-electron chi connectivity index (χ2n) is 12.1. The van der Waals surface area contributed by atoms with E-state index in [-0.39, 0.29) is 11.5 Å². The predicted molar refractivity (Wildman–Crippen MR) is 160 cm³/mol. The summed E-state index contributed by atoms with van der Waals surface area (Å²) >= 11 is 0. The molecule has 1 saturated heterocycles. The van der Waals surface area contributed by atoms with Crippen molar-refractivity contribution >= 4 is 18.0 Å². The van der Waals surface area contributed by atoms with Gasteiger partial charge < -0.3 is 34.9 Å². The van der Waals surface area contributed by atoms with Crippen LogP contribution >= 0.6 is 0 Å². The normalized spacial score (nSPS) is 15.8. The molecule has 0 saturated carbocycles.